The third-order valence-electron chi connectivity index (χ3n) is 1.85. The first-order chi connectivity index (χ1) is 6.59. The molecular weight excluding hydrogens is 223 g/mol. The van der Waals surface area contributed by atoms with Gasteiger partial charge in [0.1, 0.15) is 5.82 Å². The zero-order valence-electron chi connectivity index (χ0n) is 6.82. The van der Waals surface area contributed by atoms with Crippen LogP contribution in [-0.2, 0) is 0 Å². The van der Waals surface area contributed by atoms with E-state index in [1.807, 2.05) is 0 Å². The molecule has 0 aliphatic heterocycles. The Morgan fingerprint density at radius 2 is 2.21 bits per heavy atom. The van der Waals surface area contributed by atoms with Gasteiger partial charge in [0.2, 0.25) is 0 Å². The minimum atomic E-state index is -1.08. The number of thiophene rings is 1. The van der Waals surface area contributed by atoms with Crippen LogP contribution in [0.15, 0.2) is 22.4 Å². The number of carbonyl (C=O) groups is 1. The maximum absolute atomic E-state index is 13.2. The largest absolute Gasteiger partial charge is 0.478 e. The van der Waals surface area contributed by atoms with Crippen molar-refractivity contribution in [2.75, 3.05) is 0 Å². The molecule has 2 nitrogen and oxygen atoms in total. The second-order valence-electron chi connectivity index (χ2n) is 2.76. The molecule has 1 heterocycles. The fraction of sp³-hybridized carbons (Fsp3) is 0. The van der Waals surface area contributed by atoms with Crippen LogP contribution in [0.1, 0.15) is 10.4 Å². The summed E-state index contributed by atoms with van der Waals surface area (Å²) in [5, 5.41) is 10.4. The van der Waals surface area contributed by atoms with Crippen molar-refractivity contribution in [3.8, 4) is 0 Å². The lowest BCUT2D eigenvalue weighted by molar-refractivity contribution is 0.0697. The summed E-state index contributed by atoms with van der Waals surface area (Å²) in [6.07, 6.45) is 0. The molecule has 0 atom stereocenters. The Hall–Kier alpha value is -1.07. The Labute approximate surface area is 88.4 Å². The second kappa shape index (κ2) is 3.25. The van der Waals surface area contributed by atoms with E-state index in [4.69, 9.17) is 5.11 Å². The molecule has 0 spiro atoms. The zero-order valence-corrected chi connectivity index (χ0v) is 8.53. The van der Waals surface area contributed by atoms with Crippen molar-refractivity contribution in [2.45, 2.75) is 4.90 Å². The smallest absolute Gasteiger partial charge is 0.335 e. The number of carboxylic acids is 1. The summed E-state index contributed by atoms with van der Waals surface area (Å²) in [6.45, 7) is 0. The zero-order chi connectivity index (χ0) is 10.3. The van der Waals surface area contributed by atoms with Gasteiger partial charge in [-0.2, -0.15) is 0 Å². The van der Waals surface area contributed by atoms with Gasteiger partial charge in [-0.3, -0.25) is 0 Å². The minimum absolute atomic E-state index is 0.0554. The van der Waals surface area contributed by atoms with Crippen LogP contribution in [0.25, 0.3) is 10.1 Å². The van der Waals surface area contributed by atoms with E-state index in [2.05, 4.69) is 12.6 Å². The molecule has 0 aliphatic rings. The quantitative estimate of drug-likeness (QED) is 0.736. The van der Waals surface area contributed by atoms with Crippen molar-refractivity contribution < 1.29 is 14.3 Å². The minimum Gasteiger partial charge on any atom is -0.478 e. The normalized spacial score (nSPS) is 10.7. The van der Waals surface area contributed by atoms with Crippen LogP contribution >= 0.6 is 24.0 Å². The molecule has 0 amide bonds. The van der Waals surface area contributed by atoms with Gasteiger partial charge in [0.25, 0.3) is 0 Å². The van der Waals surface area contributed by atoms with Crippen LogP contribution in [-0.4, -0.2) is 11.1 Å². The maximum Gasteiger partial charge on any atom is 0.335 e. The van der Waals surface area contributed by atoms with Gasteiger partial charge in [-0.05, 0) is 12.1 Å². The van der Waals surface area contributed by atoms with Gasteiger partial charge in [-0.1, -0.05) is 0 Å². The lowest BCUT2D eigenvalue weighted by atomic mass is 10.1. The van der Waals surface area contributed by atoms with Crippen LogP contribution in [0, 0.1) is 5.82 Å². The van der Waals surface area contributed by atoms with E-state index in [1.54, 1.807) is 0 Å². The second-order valence-corrected chi connectivity index (χ2v) is 4.12. The lowest BCUT2D eigenvalue weighted by Crippen LogP contribution is -1.95. The van der Waals surface area contributed by atoms with E-state index in [-0.39, 0.29) is 5.56 Å². The molecule has 72 valence electrons. The number of aromatic carboxylic acids is 1. The molecule has 0 radical (unpaired) electrons. The Bertz CT molecular complexity index is 519. The van der Waals surface area contributed by atoms with E-state index in [0.717, 1.165) is 0 Å². The van der Waals surface area contributed by atoms with Gasteiger partial charge >= 0.3 is 5.97 Å². The first-order valence-corrected chi connectivity index (χ1v) is 5.05. The highest BCUT2D eigenvalue weighted by atomic mass is 32.1. The number of benzene rings is 1. The number of halogens is 1. The summed E-state index contributed by atoms with van der Waals surface area (Å²) < 4.78 is 13.8. The molecule has 1 aromatic carbocycles. The van der Waals surface area contributed by atoms with Gasteiger partial charge in [-0.15, -0.1) is 24.0 Å². The van der Waals surface area contributed by atoms with E-state index in [9.17, 15) is 9.18 Å². The summed E-state index contributed by atoms with van der Waals surface area (Å²) in [5.41, 5.74) is 0.0554. The van der Waals surface area contributed by atoms with Crippen molar-refractivity contribution >= 4 is 40.0 Å². The Morgan fingerprint density at radius 3 is 2.86 bits per heavy atom. The molecule has 0 unspecified atom stereocenters. The number of rotatable bonds is 1. The number of thiol groups is 1. The molecule has 0 fully saturated rings. The monoisotopic (exact) mass is 228 g/mol. The average Bonchev–Trinajstić information content (AvgIpc) is 2.48. The van der Waals surface area contributed by atoms with E-state index < -0.39 is 11.8 Å². The van der Waals surface area contributed by atoms with Gasteiger partial charge in [-0.25, -0.2) is 9.18 Å². The molecule has 1 aromatic heterocycles. The summed E-state index contributed by atoms with van der Waals surface area (Å²) in [7, 11) is 0. The summed E-state index contributed by atoms with van der Waals surface area (Å²) in [4.78, 5) is 11.2. The van der Waals surface area contributed by atoms with Crippen LogP contribution in [0.2, 0.25) is 0 Å². The first-order valence-electron chi connectivity index (χ1n) is 3.72. The van der Waals surface area contributed by atoms with Crippen molar-refractivity contribution in [2.24, 2.45) is 0 Å². The van der Waals surface area contributed by atoms with Crippen LogP contribution in [0.4, 0.5) is 4.39 Å². The summed E-state index contributed by atoms with van der Waals surface area (Å²) in [5.74, 6) is -1.48. The molecule has 0 saturated carbocycles. The Balaban J connectivity index is 2.82. The van der Waals surface area contributed by atoms with Crippen LogP contribution in [0.5, 0.6) is 0 Å². The SMILES string of the molecule is O=C(O)c1cc(S)c2scc(F)c2c1. The molecule has 14 heavy (non-hydrogen) atoms. The van der Waals surface area contributed by atoms with E-state index >= 15 is 0 Å². The Kier molecular flexibility index (Phi) is 2.20. The lowest BCUT2D eigenvalue weighted by Gasteiger charge is -1.98. The summed E-state index contributed by atoms with van der Waals surface area (Å²) in [6, 6.07) is 2.74. The molecule has 0 bridgehead atoms. The number of carboxylic acid groups (broad SMARTS) is 1. The third kappa shape index (κ3) is 1.38. The van der Waals surface area contributed by atoms with Crippen LogP contribution in [0.3, 0.4) is 0 Å². The fourth-order valence-corrected chi connectivity index (χ4v) is 2.44. The van der Waals surface area contributed by atoms with Gasteiger partial charge in [0.05, 0.1) is 10.3 Å². The van der Waals surface area contributed by atoms with E-state index in [1.165, 1.54) is 28.8 Å². The summed E-state index contributed by atoms with van der Waals surface area (Å²) >= 11 is 5.33. The van der Waals surface area contributed by atoms with Crippen molar-refractivity contribution in [1.29, 1.82) is 0 Å². The molecule has 2 rings (SSSR count). The molecule has 1 N–H and O–H groups in total. The average molecular weight is 228 g/mol. The molecule has 5 heteroatoms. The predicted octanol–water partition coefficient (Wildman–Crippen LogP) is 3.03. The number of fused-ring (bicyclic) bond motifs is 1. The van der Waals surface area contributed by atoms with E-state index in [0.29, 0.717) is 15.0 Å². The van der Waals surface area contributed by atoms with Gasteiger partial charge in [0.15, 0.2) is 0 Å². The van der Waals surface area contributed by atoms with Gasteiger partial charge < -0.3 is 5.11 Å². The maximum atomic E-state index is 13.2. The number of hydrogen-bond donors (Lipinski definition) is 2. The van der Waals surface area contributed by atoms with Crippen molar-refractivity contribution in [3.63, 3.8) is 0 Å². The first kappa shape index (κ1) is 9.48. The third-order valence-corrected chi connectivity index (χ3v) is 3.36. The highest BCUT2D eigenvalue weighted by Crippen LogP contribution is 2.31. The standard InChI is InChI=1S/C9H5FO2S2/c10-6-3-14-8-5(6)1-4(9(11)12)2-7(8)13/h1-3,13H,(H,11,12). The molecular formula is C9H5FO2S2. The predicted molar refractivity (Wildman–Crippen MR) is 56.0 cm³/mol. The van der Waals surface area contributed by atoms with Crippen molar-refractivity contribution in [1.82, 2.24) is 0 Å². The Morgan fingerprint density at radius 1 is 1.50 bits per heavy atom. The van der Waals surface area contributed by atoms with Crippen molar-refractivity contribution in [3.05, 3.63) is 28.9 Å². The topological polar surface area (TPSA) is 37.3 Å². The fourth-order valence-electron chi connectivity index (χ4n) is 1.21. The molecule has 2 aromatic rings. The molecule has 0 saturated heterocycles. The number of hydrogen-bond acceptors (Lipinski definition) is 3. The molecule has 0 aliphatic carbocycles. The highest BCUT2D eigenvalue weighted by molar-refractivity contribution is 7.80. The van der Waals surface area contributed by atoms with Gasteiger partial charge in [0, 0.05) is 15.7 Å². The van der Waals surface area contributed by atoms with Crippen LogP contribution < -0.4 is 0 Å². The highest BCUT2D eigenvalue weighted by Gasteiger charge is 2.11.